The number of carbonyl (C=O) groups is 2. The maximum Gasteiger partial charge on any atom is 0.309 e. The lowest BCUT2D eigenvalue weighted by Gasteiger charge is -2.27. The lowest BCUT2D eigenvalue weighted by molar-refractivity contribution is -0.154. The van der Waals surface area contributed by atoms with Crippen molar-refractivity contribution in [1.82, 2.24) is 4.31 Å². The van der Waals surface area contributed by atoms with Crippen LogP contribution < -0.4 is 5.32 Å². The third kappa shape index (κ3) is 4.66. The molecule has 1 atom stereocenters. The number of sulfonamides is 1. The van der Waals surface area contributed by atoms with Crippen LogP contribution in [0.2, 0.25) is 0 Å². The number of rotatable bonds is 6. The van der Waals surface area contributed by atoms with Gasteiger partial charge < -0.3 is 14.8 Å². The van der Waals surface area contributed by atoms with Crippen molar-refractivity contribution >= 4 is 27.6 Å². The second-order valence-electron chi connectivity index (χ2n) is 6.84. The lowest BCUT2D eigenvalue weighted by Crippen LogP contribution is -2.40. The van der Waals surface area contributed by atoms with Crippen LogP contribution in [0.5, 0.6) is 0 Å². The molecule has 27 heavy (non-hydrogen) atoms. The highest BCUT2D eigenvalue weighted by molar-refractivity contribution is 7.89. The summed E-state index contributed by atoms with van der Waals surface area (Å²) in [5.41, 5.74) is 0.930. The molecule has 2 fully saturated rings. The standard InChI is InChI=1S/C18H24N2O6S/c1-12-3-6-15(19-17(21)13(2)26-18(22)14-4-5-14)11-16(12)27(23,24)20-7-9-25-10-8-20/h3,6,11,13-14H,4-5,7-10H2,1-2H3,(H,19,21)/t13-/m1/s1. The third-order valence-electron chi connectivity index (χ3n) is 4.62. The van der Waals surface area contributed by atoms with Crippen LogP contribution in [0.25, 0.3) is 0 Å². The fourth-order valence-corrected chi connectivity index (χ4v) is 4.43. The molecule has 0 bridgehead atoms. The van der Waals surface area contributed by atoms with Gasteiger partial charge in [0.05, 0.1) is 24.0 Å². The van der Waals surface area contributed by atoms with E-state index in [4.69, 9.17) is 9.47 Å². The molecule has 0 spiro atoms. The van der Waals surface area contributed by atoms with E-state index in [2.05, 4.69) is 5.32 Å². The van der Waals surface area contributed by atoms with Gasteiger partial charge in [0.15, 0.2) is 6.10 Å². The summed E-state index contributed by atoms with van der Waals surface area (Å²) in [6, 6.07) is 4.71. The Labute approximate surface area is 158 Å². The summed E-state index contributed by atoms with van der Waals surface area (Å²) in [6.07, 6.45) is 0.653. The predicted octanol–water partition coefficient (Wildman–Crippen LogP) is 1.30. The average Bonchev–Trinajstić information content (AvgIpc) is 3.49. The van der Waals surface area contributed by atoms with Crippen molar-refractivity contribution in [2.24, 2.45) is 5.92 Å². The van der Waals surface area contributed by atoms with Crippen molar-refractivity contribution in [3.05, 3.63) is 23.8 Å². The molecular weight excluding hydrogens is 372 g/mol. The first-order valence-corrected chi connectivity index (χ1v) is 10.4. The Morgan fingerprint density at radius 2 is 1.93 bits per heavy atom. The fourth-order valence-electron chi connectivity index (χ4n) is 2.77. The van der Waals surface area contributed by atoms with Crippen LogP contribution in [0, 0.1) is 12.8 Å². The van der Waals surface area contributed by atoms with Crippen molar-refractivity contribution in [3.8, 4) is 0 Å². The average molecular weight is 396 g/mol. The van der Waals surface area contributed by atoms with Gasteiger partial charge in [-0.2, -0.15) is 4.31 Å². The van der Waals surface area contributed by atoms with Gasteiger partial charge in [-0.25, -0.2) is 8.42 Å². The topological polar surface area (TPSA) is 102 Å². The van der Waals surface area contributed by atoms with Crippen LogP contribution in [0.3, 0.4) is 0 Å². The number of hydrogen-bond acceptors (Lipinski definition) is 6. The number of hydrogen-bond donors (Lipinski definition) is 1. The summed E-state index contributed by atoms with van der Waals surface area (Å²) in [5, 5.41) is 2.63. The van der Waals surface area contributed by atoms with Gasteiger partial charge in [0, 0.05) is 18.8 Å². The molecule has 0 unspecified atom stereocenters. The SMILES string of the molecule is Cc1ccc(NC(=O)[C@@H](C)OC(=O)C2CC2)cc1S(=O)(=O)N1CCOCC1. The Balaban J connectivity index is 1.72. The molecule has 1 aliphatic heterocycles. The van der Waals surface area contributed by atoms with E-state index < -0.39 is 22.0 Å². The number of aryl methyl sites for hydroxylation is 1. The fraction of sp³-hybridized carbons (Fsp3) is 0.556. The van der Waals surface area contributed by atoms with E-state index in [9.17, 15) is 18.0 Å². The molecule has 9 heteroatoms. The number of morpholine rings is 1. The molecule has 1 amide bonds. The van der Waals surface area contributed by atoms with Gasteiger partial charge in [-0.15, -0.1) is 0 Å². The normalized spacial score (nSPS) is 19.3. The number of esters is 1. The highest BCUT2D eigenvalue weighted by Crippen LogP contribution is 2.30. The number of carbonyl (C=O) groups excluding carboxylic acids is 2. The summed E-state index contributed by atoms with van der Waals surface area (Å²) in [6.45, 7) is 4.52. The van der Waals surface area contributed by atoms with Gasteiger partial charge in [0.1, 0.15) is 0 Å². The second-order valence-corrected chi connectivity index (χ2v) is 8.75. The minimum absolute atomic E-state index is 0.0927. The van der Waals surface area contributed by atoms with Crippen molar-refractivity contribution in [2.45, 2.75) is 37.7 Å². The third-order valence-corrected chi connectivity index (χ3v) is 6.66. The van der Waals surface area contributed by atoms with Gasteiger partial charge in [-0.1, -0.05) is 6.07 Å². The number of amides is 1. The summed E-state index contributed by atoms with van der Waals surface area (Å²) in [7, 11) is -3.68. The first-order valence-electron chi connectivity index (χ1n) is 8.99. The smallest absolute Gasteiger partial charge is 0.309 e. The van der Waals surface area contributed by atoms with E-state index >= 15 is 0 Å². The quantitative estimate of drug-likeness (QED) is 0.727. The van der Waals surface area contributed by atoms with Crippen LogP contribution >= 0.6 is 0 Å². The van der Waals surface area contributed by atoms with E-state index in [1.807, 2.05) is 0 Å². The minimum atomic E-state index is -3.68. The Bertz CT molecular complexity index is 828. The summed E-state index contributed by atoms with van der Waals surface area (Å²) in [5.74, 6) is -0.954. The molecule has 0 aromatic heterocycles. The number of nitrogens with zero attached hydrogens (tertiary/aromatic N) is 1. The van der Waals surface area contributed by atoms with E-state index in [0.717, 1.165) is 12.8 Å². The number of ether oxygens (including phenoxy) is 2. The van der Waals surface area contributed by atoms with Crippen LogP contribution in [0.4, 0.5) is 5.69 Å². The Morgan fingerprint density at radius 3 is 2.56 bits per heavy atom. The maximum absolute atomic E-state index is 12.9. The molecule has 1 heterocycles. The van der Waals surface area contributed by atoms with Crippen LogP contribution in [-0.2, 0) is 29.1 Å². The van der Waals surface area contributed by atoms with E-state index in [0.29, 0.717) is 37.6 Å². The monoisotopic (exact) mass is 396 g/mol. The molecule has 1 aliphatic carbocycles. The molecule has 0 radical (unpaired) electrons. The first-order chi connectivity index (χ1) is 12.8. The highest BCUT2D eigenvalue weighted by atomic mass is 32.2. The first kappa shape index (κ1) is 19.8. The minimum Gasteiger partial charge on any atom is -0.452 e. The Kier molecular flexibility index (Phi) is 5.83. The second kappa shape index (κ2) is 7.95. The van der Waals surface area contributed by atoms with Crippen molar-refractivity contribution in [2.75, 3.05) is 31.6 Å². The molecule has 1 aromatic carbocycles. The zero-order valence-electron chi connectivity index (χ0n) is 15.4. The Morgan fingerprint density at radius 1 is 1.26 bits per heavy atom. The Hall–Kier alpha value is -1.97. The maximum atomic E-state index is 12.9. The lowest BCUT2D eigenvalue weighted by atomic mass is 10.2. The zero-order chi connectivity index (χ0) is 19.6. The van der Waals surface area contributed by atoms with Crippen molar-refractivity contribution < 1.29 is 27.5 Å². The van der Waals surface area contributed by atoms with Gasteiger partial charge >= 0.3 is 5.97 Å². The van der Waals surface area contributed by atoms with Crippen LogP contribution in [0.1, 0.15) is 25.3 Å². The molecule has 1 N–H and O–H groups in total. The van der Waals surface area contributed by atoms with Gasteiger partial charge in [-0.05, 0) is 44.4 Å². The predicted molar refractivity (Wildman–Crippen MR) is 97.7 cm³/mol. The summed E-state index contributed by atoms with van der Waals surface area (Å²) < 4.78 is 37.5. The molecule has 1 saturated carbocycles. The molecule has 1 saturated heterocycles. The van der Waals surface area contributed by atoms with Gasteiger partial charge in [-0.3, -0.25) is 9.59 Å². The molecular formula is C18H24N2O6S. The molecule has 8 nitrogen and oxygen atoms in total. The largest absolute Gasteiger partial charge is 0.452 e. The summed E-state index contributed by atoms with van der Waals surface area (Å²) in [4.78, 5) is 24.1. The molecule has 3 rings (SSSR count). The van der Waals surface area contributed by atoms with Crippen LogP contribution in [-0.4, -0.2) is 57.0 Å². The van der Waals surface area contributed by atoms with Crippen molar-refractivity contribution in [3.63, 3.8) is 0 Å². The zero-order valence-corrected chi connectivity index (χ0v) is 16.3. The van der Waals surface area contributed by atoms with E-state index in [1.165, 1.54) is 17.3 Å². The highest BCUT2D eigenvalue weighted by Gasteiger charge is 2.33. The number of anilines is 1. The van der Waals surface area contributed by atoms with Crippen LogP contribution in [0.15, 0.2) is 23.1 Å². The van der Waals surface area contributed by atoms with Crippen molar-refractivity contribution in [1.29, 1.82) is 0 Å². The number of benzene rings is 1. The molecule has 2 aliphatic rings. The van der Waals surface area contributed by atoms with E-state index in [1.54, 1.807) is 19.1 Å². The van der Waals surface area contributed by atoms with E-state index in [-0.39, 0.29) is 16.8 Å². The number of nitrogens with one attached hydrogen (secondary N) is 1. The molecule has 148 valence electrons. The summed E-state index contributed by atoms with van der Waals surface area (Å²) >= 11 is 0. The molecule has 1 aromatic rings. The van der Waals surface area contributed by atoms with Gasteiger partial charge in [0.25, 0.3) is 5.91 Å². The van der Waals surface area contributed by atoms with Gasteiger partial charge in [0.2, 0.25) is 10.0 Å².